The molecule has 3 N–H and O–H groups in total. The number of nitrogens with zero attached hydrogens (tertiary/aromatic N) is 1. The molecule has 5 nitrogen and oxygen atoms in total. The van der Waals surface area contributed by atoms with E-state index in [0.29, 0.717) is 11.5 Å². The smallest absolute Gasteiger partial charge is 0.251 e. The molecule has 2 aromatic rings. The zero-order valence-corrected chi connectivity index (χ0v) is 16.5. The average Bonchev–Trinajstić information content (AvgIpc) is 3.20. The first-order chi connectivity index (χ1) is 12.6. The van der Waals surface area contributed by atoms with Crippen LogP contribution in [0.15, 0.2) is 46.1 Å². The van der Waals surface area contributed by atoms with Crippen molar-refractivity contribution in [2.75, 3.05) is 26.7 Å². The Labute approximate surface area is 159 Å². The summed E-state index contributed by atoms with van der Waals surface area (Å²) in [5, 5.41) is 13.6. The van der Waals surface area contributed by atoms with Crippen LogP contribution >= 0.6 is 11.3 Å². The molecule has 26 heavy (non-hydrogen) atoms. The van der Waals surface area contributed by atoms with Gasteiger partial charge in [-0.3, -0.25) is 9.79 Å². The highest BCUT2D eigenvalue weighted by atomic mass is 32.1. The van der Waals surface area contributed by atoms with Crippen LogP contribution in [-0.4, -0.2) is 38.5 Å². The first-order valence-electron chi connectivity index (χ1n) is 8.99. The van der Waals surface area contributed by atoms with Crippen LogP contribution in [0.4, 0.5) is 0 Å². The van der Waals surface area contributed by atoms with Crippen LogP contribution in [0.2, 0.25) is 0 Å². The fourth-order valence-electron chi connectivity index (χ4n) is 2.57. The zero-order valence-electron chi connectivity index (χ0n) is 15.7. The topological polar surface area (TPSA) is 65.5 Å². The van der Waals surface area contributed by atoms with Crippen LogP contribution in [0.25, 0.3) is 0 Å². The maximum atomic E-state index is 11.7. The summed E-state index contributed by atoms with van der Waals surface area (Å²) >= 11 is 1.72. The van der Waals surface area contributed by atoms with Crippen LogP contribution in [0, 0.1) is 0 Å². The second-order valence-corrected chi connectivity index (χ2v) is 6.91. The van der Waals surface area contributed by atoms with Crippen molar-refractivity contribution in [3.05, 3.63) is 57.8 Å². The molecule has 0 radical (unpaired) electrons. The summed E-state index contributed by atoms with van der Waals surface area (Å²) in [7, 11) is 1.65. The fourth-order valence-corrected chi connectivity index (χ4v) is 3.35. The third-order valence-corrected chi connectivity index (χ3v) is 4.80. The summed E-state index contributed by atoms with van der Waals surface area (Å²) in [5.74, 6) is 1.18. The zero-order chi connectivity index (χ0) is 18.8. The van der Waals surface area contributed by atoms with Gasteiger partial charge in [0.1, 0.15) is 0 Å². The molecule has 0 saturated carbocycles. The Bertz CT molecular complexity index is 712. The molecule has 0 spiro atoms. The van der Waals surface area contributed by atoms with Crippen LogP contribution < -0.4 is 16.0 Å². The number of hydrogen-bond acceptors (Lipinski definition) is 3. The first-order valence-corrected chi connectivity index (χ1v) is 9.93. The molecule has 140 valence electrons. The molecule has 0 bridgehead atoms. The summed E-state index contributed by atoms with van der Waals surface area (Å²) in [6, 6.07) is 9.87. The summed E-state index contributed by atoms with van der Waals surface area (Å²) < 4.78 is 0. The number of carbonyl (C=O) groups excluding carboxylic acids is 1. The average molecular weight is 373 g/mol. The predicted octanol–water partition coefficient (Wildman–Crippen LogP) is 3.01. The summed E-state index contributed by atoms with van der Waals surface area (Å²) in [5.41, 5.74) is 3.15. The quantitative estimate of drug-likeness (QED) is 0.493. The number of carbonyl (C=O) groups is 1. The number of rotatable bonds is 8. The normalized spacial score (nSPS) is 12.5. The van der Waals surface area contributed by atoms with Gasteiger partial charge in [-0.05, 0) is 53.4 Å². The van der Waals surface area contributed by atoms with Gasteiger partial charge in [0.05, 0.1) is 0 Å². The van der Waals surface area contributed by atoms with Crippen molar-refractivity contribution in [1.82, 2.24) is 16.0 Å². The first kappa shape index (κ1) is 20.0. The van der Waals surface area contributed by atoms with Crippen molar-refractivity contribution >= 4 is 23.2 Å². The molecule has 0 aliphatic rings. The lowest BCUT2D eigenvalue weighted by Crippen LogP contribution is -2.38. The highest BCUT2D eigenvalue weighted by Crippen LogP contribution is 2.18. The second-order valence-electron chi connectivity index (χ2n) is 6.13. The van der Waals surface area contributed by atoms with E-state index >= 15 is 0 Å². The van der Waals surface area contributed by atoms with E-state index in [1.54, 1.807) is 18.4 Å². The lowest BCUT2D eigenvalue weighted by Gasteiger charge is -2.13. The van der Waals surface area contributed by atoms with Crippen molar-refractivity contribution in [2.45, 2.75) is 26.2 Å². The van der Waals surface area contributed by atoms with Crippen LogP contribution in [0.3, 0.4) is 0 Å². The molecular weight excluding hydrogens is 344 g/mol. The van der Waals surface area contributed by atoms with Crippen LogP contribution in [-0.2, 0) is 6.42 Å². The molecule has 2 rings (SSSR count). The van der Waals surface area contributed by atoms with Gasteiger partial charge in [-0.1, -0.05) is 19.1 Å². The summed E-state index contributed by atoms with van der Waals surface area (Å²) in [4.78, 5) is 16.4. The Hall–Kier alpha value is -2.34. The molecule has 1 unspecified atom stereocenters. The van der Waals surface area contributed by atoms with Gasteiger partial charge in [0.15, 0.2) is 5.96 Å². The highest BCUT2D eigenvalue weighted by Gasteiger charge is 2.07. The number of aliphatic imine (C=N–C) groups is 1. The van der Waals surface area contributed by atoms with E-state index in [-0.39, 0.29) is 5.91 Å². The summed E-state index contributed by atoms with van der Waals surface area (Å²) in [6.07, 6.45) is 0.829. The van der Waals surface area contributed by atoms with E-state index in [0.717, 1.165) is 37.6 Å². The van der Waals surface area contributed by atoms with Crippen molar-refractivity contribution in [3.8, 4) is 0 Å². The van der Waals surface area contributed by atoms with E-state index < -0.39 is 0 Å². The Morgan fingerprint density at radius 3 is 2.81 bits per heavy atom. The highest BCUT2D eigenvalue weighted by molar-refractivity contribution is 7.07. The monoisotopic (exact) mass is 372 g/mol. The number of hydrogen-bond donors (Lipinski definition) is 3. The number of thiophene rings is 1. The lowest BCUT2D eigenvalue weighted by atomic mass is 10.1. The summed E-state index contributed by atoms with van der Waals surface area (Å²) in [6.45, 7) is 6.59. The van der Waals surface area contributed by atoms with Gasteiger partial charge in [-0.2, -0.15) is 11.3 Å². The van der Waals surface area contributed by atoms with Gasteiger partial charge in [0.2, 0.25) is 0 Å². The number of nitrogens with one attached hydrogen (secondary N) is 3. The molecule has 0 saturated heterocycles. The molecule has 1 heterocycles. The molecule has 0 aliphatic heterocycles. The molecule has 1 atom stereocenters. The van der Waals surface area contributed by atoms with Crippen molar-refractivity contribution in [2.24, 2.45) is 4.99 Å². The lowest BCUT2D eigenvalue weighted by molar-refractivity contribution is 0.0963. The number of guanidine groups is 1. The van der Waals surface area contributed by atoms with Crippen molar-refractivity contribution in [1.29, 1.82) is 0 Å². The van der Waals surface area contributed by atoms with E-state index in [9.17, 15) is 4.79 Å². The van der Waals surface area contributed by atoms with Crippen LogP contribution in [0.5, 0.6) is 0 Å². The predicted molar refractivity (Wildman–Crippen MR) is 110 cm³/mol. The minimum absolute atomic E-state index is 0.0582. The Balaban J connectivity index is 1.88. The Morgan fingerprint density at radius 2 is 2.12 bits per heavy atom. The van der Waals surface area contributed by atoms with Crippen molar-refractivity contribution < 1.29 is 4.79 Å². The molecule has 0 aliphatic carbocycles. The van der Waals surface area contributed by atoms with E-state index in [4.69, 9.17) is 4.99 Å². The maximum absolute atomic E-state index is 11.7. The molecule has 1 aromatic heterocycles. The van der Waals surface area contributed by atoms with Gasteiger partial charge < -0.3 is 16.0 Å². The maximum Gasteiger partial charge on any atom is 0.251 e. The molecule has 0 fully saturated rings. The number of benzene rings is 1. The van der Waals surface area contributed by atoms with Gasteiger partial charge in [-0.15, -0.1) is 0 Å². The van der Waals surface area contributed by atoms with E-state index in [2.05, 4.69) is 46.6 Å². The number of amides is 1. The SMILES string of the molecule is CCNC(=NCC(C)c1ccsc1)NCCc1cccc(C(=O)NC)c1. The van der Waals surface area contributed by atoms with E-state index in [1.807, 2.05) is 24.3 Å². The van der Waals surface area contributed by atoms with Gasteiger partial charge >= 0.3 is 0 Å². The molecule has 6 heteroatoms. The van der Waals surface area contributed by atoms with Crippen molar-refractivity contribution in [3.63, 3.8) is 0 Å². The second kappa shape index (κ2) is 10.6. The molecular formula is C20H28N4OS. The van der Waals surface area contributed by atoms with E-state index in [1.165, 1.54) is 5.56 Å². The molecule has 1 aromatic carbocycles. The largest absolute Gasteiger partial charge is 0.357 e. The fraction of sp³-hybridized carbons (Fsp3) is 0.400. The van der Waals surface area contributed by atoms with Gasteiger partial charge in [0, 0.05) is 38.2 Å². The van der Waals surface area contributed by atoms with Crippen LogP contribution in [0.1, 0.15) is 41.3 Å². The minimum atomic E-state index is -0.0582. The molecule has 1 amide bonds. The standard InChI is InChI=1S/C20H28N4OS/c1-4-22-20(24-13-15(2)18-9-11-26-14-18)23-10-8-16-6-5-7-17(12-16)19(25)21-3/h5-7,9,11-12,14-15H,4,8,10,13H2,1-3H3,(H,21,25)(H2,22,23,24). The minimum Gasteiger partial charge on any atom is -0.357 e. The third kappa shape index (κ3) is 6.19. The Kier molecular flexibility index (Phi) is 8.15. The van der Waals surface area contributed by atoms with Gasteiger partial charge in [-0.25, -0.2) is 0 Å². The Morgan fingerprint density at radius 1 is 1.27 bits per heavy atom. The van der Waals surface area contributed by atoms with Gasteiger partial charge in [0.25, 0.3) is 5.91 Å². The third-order valence-electron chi connectivity index (χ3n) is 4.10.